The molecule has 5 heteroatoms. The lowest BCUT2D eigenvalue weighted by Gasteiger charge is -2.12. The van der Waals surface area contributed by atoms with Gasteiger partial charge < -0.3 is 10.5 Å². The van der Waals surface area contributed by atoms with E-state index in [1.54, 1.807) is 0 Å². The fourth-order valence-corrected chi connectivity index (χ4v) is 2.27. The molecule has 1 heterocycles. The second-order valence-corrected chi connectivity index (χ2v) is 5.51. The lowest BCUT2D eigenvalue weighted by atomic mass is 10.1. The van der Waals surface area contributed by atoms with Gasteiger partial charge in [0.05, 0.1) is 17.9 Å². The quantitative estimate of drug-likeness (QED) is 0.558. The van der Waals surface area contributed by atoms with Crippen molar-refractivity contribution in [3.63, 3.8) is 0 Å². The third kappa shape index (κ3) is 5.04. The number of unbranched alkanes of at least 4 members (excludes halogenated alkanes) is 5. The van der Waals surface area contributed by atoms with Crippen molar-refractivity contribution in [2.45, 2.75) is 59.3 Å². The lowest BCUT2D eigenvalue weighted by molar-refractivity contribution is 0.289. The SMILES string of the molecule is CCCCCCCCOc1nnc(C)c(C)c1C(N)=S. The van der Waals surface area contributed by atoms with E-state index in [1.807, 2.05) is 13.8 Å². The zero-order valence-electron chi connectivity index (χ0n) is 12.7. The maximum atomic E-state index is 5.75. The fraction of sp³-hybridized carbons (Fsp3) is 0.667. The largest absolute Gasteiger partial charge is 0.476 e. The van der Waals surface area contributed by atoms with Gasteiger partial charge in [0, 0.05) is 0 Å². The number of thiocarbonyl (C=S) groups is 1. The zero-order chi connectivity index (χ0) is 15.0. The summed E-state index contributed by atoms with van der Waals surface area (Å²) >= 11 is 5.08. The summed E-state index contributed by atoms with van der Waals surface area (Å²) in [6.45, 7) is 6.69. The number of aryl methyl sites for hydroxylation is 1. The first-order valence-electron chi connectivity index (χ1n) is 7.34. The topological polar surface area (TPSA) is 61.0 Å². The van der Waals surface area contributed by atoms with Crippen molar-refractivity contribution in [2.24, 2.45) is 5.73 Å². The second kappa shape index (κ2) is 8.84. The average molecular weight is 295 g/mol. The molecule has 1 aromatic rings. The second-order valence-electron chi connectivity index (χ2n) is 5.07. The van der Waals surface area contributed by atoms with Crippen molar-refractivity contribution in [1.82, 2.24) is 10.2 Å². The Balaban J connectivity index is 2.48. The van der Waals surface area contributed by atoms with E-state index in [1.165, 1.54) is 32.1 Å². The highest BCUT2D eigenvalue weighted by Gasteiger charge is 2.14. The summed E-state index contributed by atoms with van der Waals surface area (Å²) in [5.74, 6) is 0.467. The molecule has 0 saturated heterocycles. The summed E-state index contributed by atoms with van der Waals surface area (Å²) in [5, 5.41) is 8.14. The summed E-state index contributed by atoms with van der Waals surface area (Å²) in [6, 6.07) is 0. The molecular weight excluding hydrogens is 270 g/mol. The van der Waals surface area contributed by atoms with E-state index in [4.69, 9.17) is 22.7 Å². The lowest BCUT2D eigenvalue weighted by Crippen LogP contribution is -2.16. The van der Waals surface area contributed by atoms with E-state index in [2.05, 4.69) is 17.1 Å². The molecule has 0 aliphatic heterocycles. The van der Waals surface area contributed by atoms with Crippen LogP contribution in [0.1, 0.15) is 62.3 Å². The molecule has 0 bridgehead atoms. The van der Waals surface area contributed by atoms with Crippen LogP contribution in [0.25, 0.3) is 0 Å². The van der Waals surface area contributed by atoms with Crippen molar-refractivity contribution < 1.29 is 4.74 Å². The number of nitrogens with zero attached hydrogens (tertiary/aromatic N) is 2. The Bertz CT molecular complexity index is 449. The maximum Gasteiger partial charge on any atom is 0.244 e. The Morgan fingerprint density at radius 3 is 2.40 bits per heavy atom. The molecule has 0 aromatic carbocycles. The van der Waals surface area contributed by atoms with E-state index in [0.717, 1.165) is 23.2 Å². The van der Waals surface area contributed by atoms with Crippen LogP contribution in [0.2, 0.25) is 0 Å². The molecule has 112 valence electrons. The van der Waals surface area contributed by atoms with Crippen molar-refractivity contribution >= 4 is 17.2 Å². The first-order valence-corrected chi connectivity index (χ1v) is 7.75. The summed E-state index contributed by atoms with van der Waals surface area (Å²) in [7, 11) is 0. The Morgan fingerprint density at radius 1 is 1.10 bits per heavy atom. The van der Waals surface area contributed by atoms with Gasteiger partial charge in [0.15, 0.2) is 0 Å². The third-order valence-electron chi connectivity index (χ3n) is 3.41. The van der Waals surface area contributed by atoms with Crippen LogP contribution in [0.4, 0.5) is 0 Å². The molecule has 4 nitrogen and oxygen atoms in total. The molecule has 1 rings (SSSR count). The molecule has 0 aliphatic carbocycles. The highest BCUT2D eigenvalue weighted by atomic mass is 32.1. The Morgan fingerprint density at radius 2 is 1.75 bits per heavy atom. The standard InChI is InChI=1S/C15H25N3OS/c1-4-5-6-7-8-9-10-19-15-13(14(16)20)11(2)12(3)17-18-15/h4-10H2,1-3H3,(H2,16,20). The Labute approximate surface area is 127 Å². The van der Waals surface area contributed by atoms with Crippen LogP contribution in [0.5, 0.6) is 5.88 Å². The number of nitrogens with two attached hydrogens (primary N) is 1. The van der Waals surface area contributed by atoms with E-state index in [0.29, 0.717) is 17.5 Å². The normalized spacial score (nSPS) is 10.6. The van der Waals surface area contributed by atoms with Gasteiger partial charge in [-0.1, -0.05) is 51.2 Å². The van der Waals surface area contributed by atoms with Gasteiger partial charge in [0.2, 0.25) is 5.88 Å². The smallest absolute Gasteiger partial charge is 0.244 e. The van der Waals surface area contributed by atoms with Gasteiger partial charge in [-0.25, -0.2) is 0 Å². The number of rotatable bonds is 9. The van der Waals surface area contributed by atoms with Crippen LogP contribution in [-0.4, -0.2) is 21.8 Å². The predicted octanol–water partition coefficient (Wildman–Crippen LogP) is 3.47. The minimum absolute atomic E-state index is 0.318. The fourth-order valence-electron chi connectivity index (χ4n) is 2.03. The third-order valence-corrected chi connectivity index (χ3v) is 3.61. The van der Waals surface area contributed by atoms with E-state index >= 15 is 0 Å². The van der Waals surface area contributed by atoms with Gasteiger partial charge in [-0.3, -0.25) is 0 Å². The molecule has 2 N–H and O–H groups in total. The molecule has 1 aromatic heterocycles. The number of hydrogen-bond donors (Lipinski definition) is 1. The van der Waals surface area contributed by atoms with Crippen LogP contribution in [-0.2, 0) is 0 Å². The zero-order valence-corrected chi connectivity index (χ0v) is 13.6. The van der Waals surface area contributed by atoms with Gasteiger partial charge in [-0.05, 0) is 25.8 Å². The molecule has 0 spiro atoms. The summed E-state index contributed by atoms with van der Waals surface area (Å²) in [6.07, 6.45) is 7.35. The number of hydrogen-bond acceptors (Lipinski definition) is 4. The van der Waals surface area contributed by atoms with Gasteiger partial charge in [-0.2, -0.15) is 5.10 Å². The summed E-state index contributed by atoms with van der Waals surface area (Å²) in [5.41, 5.74) is 8.26. The van der Waals surface area contributed by atoms with Gasteiger partial charge >= 0.3 is 0 Å². The monoisotopic (exact) mass is 295 g/mol. The molecule has 0 atom stereocenters. The predicted molar refractivity (Wildman–Crippen MR) is 86.3 cm³/mol. The minimum atomic E-state index is 0.318. The Kier molecular flexibility index (Phi) is 7.44. The average Bonchev–Trinajstić information content (AvgIpc) is 2.41. The molecule has 0 aliphatic rings. The van der Waals surface area contributed by atoms with Gasteiger partial charge in [-0.15, -0.1) is 5.10 Å². The summed E-state index contributed by atoms with van der Waals surface area (Å²) < 4.78 is 5.70. The molecule has 0 unspecified atom stereocenters. The summed E-state index contributed by atoms with van der Waals surface area (Å²) in [4.78, 5) is 0.318. The van der Waals surface area contributed by atoms with Crippen molar-refractivity contribution in [3.05, 3.63) is 16.8 Å². The number of aromatic nitrogens is 2. The van der Waals surface area contributed by atoms with Crippen LogP contribution in [0, 0.1) is 13.8 Å². The van der Waals surface area contributed by atoms with E-state index in [9.17, 15) is 0 Å². The first kappa shape index (κ1) is 16.8. The number of ether oxygens (including phenoxy) is 1. The van der Waals surface area contributed by atoms with Crippen LogP contribution in [0.3, 0.4) is 0 Å². The highest BCUT2D eigenvalue weighted by Crippen LogP contribution is 2.20. The molecule has 0 radical (unpaired) electrons. The highest BCUT2D eigenvalue weighted by molar-refractivity contribution is 7.80. The van der Waals surface area contributed by atoms with E-state index < -0.39 is 0 Å². The van der Waals surface area contributed by atoms with Gasteiger partial charge in [0.25, 0.3) is 0 Å². The van der Waals surface area contributed by atoms with Crippen LogP contribution in [0.15, 0.2) is 0 Å². The van der Waals surface area contributed by atoms with Gasteiger partial charge in [0.1, 0.15) is 4.99 Å². The van der Waals surface area contributed by atoms with E-state index in [-0.39, 0.29) is 0 Å². The molecule has 0 saturated carbocycles. The first-order chi connectivity index (χ1) is 9.57. The van der Waals surface area contributed by atoms with Crippen LogP contribution < -0.4 is 10.5 Å². The van der Waals surface area contributed by atoms with Crippen molar-refractivity contribution in [2.75, 3.05) is 6.61 Å². The minimum Gasteiger partial charge on any atom is -0.476 e. The Hall–Kier alpha value is -1.23. The van der Waals surface area contributed by atoms with Crippen molar-refractivity contribution in [1.29, 1.82) is 0 Å². The molecule has 0 amide bonds. The molecular formula is C15H25N3OS. The maximum absolute atomic E-state index is 5.75. The molecule has 20 heavy (non-hydrogen) atoms. The van der Waals surface area contributed by atoms with Crippen LogP contribution >= 0.6 is 12.2 Å². The van der Waals surface area contributed by atoms with Crippen molar-refractivity contribution in [3.8, 4) is 5.88 Å². The molecule has 0 fully saturated rings.